The number of phenolic OH excluding ortho intramolecular Hbond substituents is 1. The Balaban J connectivity index is 2.00. The fraction of sp³-hybridized carbons (Fsp3) is 0.0588. The number of carboxylic acids is 1. The first-order chi connectivity index (χ1) is 10.7. The summed E-state index contributed by atoms with van der Waals surface area (Å²) in [6.07, 6.45) is 3.59. The molecule has 2 N–H and O–H groups in total. The third kappa shape index (κ3) is 4.49. The average Bonchev–Trinajstić information content (AvgIpc) is 2.51. The molecule has 0 fully saturated rings. The van der Waals surface area contributed by atoms with Crippen molar-refractivity contribution in [1.82, 2.24) is 0 Å². The van der Waals surface area contributed by atoms with Crippen LogP contribution in [0.15, 0.2) is 65.8 Å². The van der Waals surface area contributed by atoms with E-state index in [-0.39, 0.29) is 23.6 Å². The van der Waals surface area contributed by atoms with Crippen LogP contribution >= 0.6 is 0 Å². The van der Waals surface area contributed by atoms with Crippen molar-refractivity contribution in [2.75, 3.05) is 6.61 Å². The van der Waals surface area contributed by atoms with Crippen molar-refractivity contribution in [3.63, 3.8) is 0 Å². The third-order valence-corrected chi connectivity index (χ3v) is 2.76. The molecule has 2 aromatic carbocycles. The molecule has 2 aromatic rings. The van der Waals surface area contributed by atoms with Crippen LogP contribution in [0.25, 0.3) is 6.08 Å². The highest BCUT2D eigenvalue weighted by molar-refractivity contribution is 6.42. The maximum absolute atomic E-state index is 11.2. The first-order valence-electron chi connectivity index (χ1n) is 6.61. The van der Waals surface area contributed by atoms with Gasteiger partial charge in [0.1, 0.15) is 12.4 Å². The summed E-state index contributed by atoms with van der Waals surface area (Å²) in [5.74, 6) is -1.26. The van der Waals surface area contributed by atoms with Gasteiger partial charge in [0.15, 0.2) is 5.71 Å². The molecule has 0 aliphatic heterocycles. The fourth-order valence-corrected chi connectivity index (χ4v) is 1.76. The second-order valence-corrected chi connectivity index (χ2v) is 4.40. The molecule has 0 atom stereocenters. The zero-order chi connectivity index (χ0) is 15.8. The molecule has 0 radical (unpaired) electrons. The number of carbonyl (C=O) groups is 1. The molecule has 0 amide bonds. The van der Waals surface area contributed by atoms with Crippen LogP contribution in [0.1, 0.15) is 11.1 Å². The van der Waals surface area contributed by atoms with Gasteiger partial charge in [0.05, 0.1) is 0 Å². The number of phenols is 1. The third-order valence-electron chi connectivity index (χ3n) is 2.76. The minimum absolute atomic E-state index is 0.0320. The summed E-state index contributed by atoms with van der Waals surface area (Å²) in [5.41, 5.74) is 1.03. The van der Waals surface area contributed by atoms with Crippen LogP contribution < -0.4 is 0 Å². The number of benzene rings is 2. The quantitative estimate of drug-likeness (QED) is 0.488. The number of carboxylic acid groups (broad SMARTS) is 1. The molecule has 0 aliphatic carbocycles. The topological polar surface area (TPSA) is 79.1 Å². The van der Waals surface area contributed by atoms with Gasteiger partial charge in [-0.05, 0) is 23.8 Å². The Hall–Kier alpha value is -3.08. The highest BCUT2D eigenvalue weighted by atomic mass is 16.6. The maximum Gasteiger partial charge on any atom is 0.358 e. The molecule has 0 saturated heterocycles. The lowest BCUT2D eigenvalue weighted by atomic mass is 10.1. The minimum Gasteiger partial charge on any atom is -0.508 e. The van der Waals surface area contributed by atoms with Gasteiger partial charge in [0.25, 0.3) is 0 Å². The van der Waals surface area contributed by atoms with E-state index in [2.05, 4.69) is 5.16 Å². The number of aliphatic carboxylic acids is 1. The lowest BCUT2D eigenvalue weighted by Crippen LogP contribution is -2.15. The zero-order valence-corrected chi connectivity index (χ0v) is 11.7. The Morgan fingerprint density at radius 3 is 2.59 bits per heavy atom. The Morgan fingerprint density at radius 2 is 1.91 bits per heavy atom. The molecule has 0 bridgehead atoms. The van der Waals surface area contributed by atoms with Crippen molar-refractivity contribution in [1.29, 1.82) is 0 Å². The largest absolute Gasteiger partial charge is 0.508 e. The van der Waals surface area contributed by atoms with E-state index in [1.165, 1.54) is 18.2 Å². The van der Waals surface area contributed by atoms with Crippen molar-refractivity contribution in [3.05, 3.63) is 71.8 Å². The van der Waals surface area contributed by atoms with Gasteiger partial charge in [-0.1, -0.05) is 53.7 Å². The SMILES string of the molecule is O=C(O)/C(=N\OC/C=C/c1ccccc1)c1cccc(O)c1. The number of hydrogen-bond acceptors (Lipinski definition) is 4. The number of oxime groups is 1. The fourth-order valence-electron chi connectivity index (χ4n) is 1.76. The van der Waals surface area contributed by atoms with Crippen LogP contribution in [0.5, 0.6) is 5.75 Å². The van der Waals surface area contributed by atoms with E-state index < -0.39 is 5.97 Å². The summed E-state index contributed by atoms with van der Waals surface area (Å²) in [6, 6.07) is 15.5. The Labute approximate surface area is 127 Å². The van der Waals surface area contributed by atoms with Gasteiger partial charge in [0.2, 0.25) is 0 Å². The van der Waals surface area contributed by atoms with Crippen LogP contribution in [-0.4, -0.2) is 28.5 Å². The van der Waals surface area contributed by atoms with Crippen molar-refractivity contribution >= 4 is 17.8 Å². The lowest BCUT2D eigenvalue weighted by molar-refractivity contribution is -0.129. The molecular weight excluding hydrogens is 282 g/mol. The second kappa shape index (κ2) is 7.64. The van der Waals surface area contributed by atoms with Crippen LogP contribution in [0.4, 0.5) is 0 Å². The van der Waals surface area contributed by atoms with Crippen molar-refractivity contribution < 1.29 is 19.8 Å². The highest BCUT2D eigenvalue weighted by Gasteiger charge is 2.13. The summed E-state index contributed by atoms with van der Waals surface area (Å²) < 4.78 is 0. The van der Waals surface area contributed by atoms with Crippen molar-refractivity contribution in [2.24, 2.45) is 5.16 Å². The van der Waals surface area contributed by atoms with E-state index in [4.69, 9.17) is 9.94 Å². The molecule has 112 valence electrons. The van der Waals surface area contributed by atoms with E-state index in [1.807, 2.05) is 36.4 Å². The molecule has 0 saturated carbocycles. The van der Waals surface area contributed by atoms with Crippen LogP contribution in [0, 0.1) is 0 Å². The number of rotatable bonds is 6. The van der Waals surface area contributed by atoms with E-state index in [9.17, 15) is 9.90 Å². The molecule has 5 nitrogen and oxygen atoms in total. The maximum atomic E-state index is 11.2. The predicted octanol–water partition coefficient (Wildman–Crippen LogP) is 2.91. The summed E-state index contributed by atoms with van der Waals surface area (Å²) >= 11 is 0. The second-order valence-electron chi connectivity index (χ2n) is 4.40. The van der Waals surface area contributed by atoms with Gasteiger partial charge < -0.3 is 15.1 Å². The molecule has 0 spiro atoms. The first-order valence-corrected chi connectivity index (χ1v) is 6.61. The van der Waals surface area contributed by atoms with Crippen LogP contribution in [-0.2, 0) is 9.63 Å². The molecule has 0 aromatic heterocycles. The summed E-state index contributed by atoms with van der Waals surface area (Å²) in [6.45, 7) is 0.143. The van der Waals surface area contributed by atoms with E-state index in [1.54, 1.807) is 12.1 Å². The van der Waals surface area contributed by atoms with Crippen LogP contribution in [0.3, 0.4) is 0 Å². The predicted molar refractivity (Wildman–Crippen MR) is 83.7 cm³/mol. The van der Waals surface area contributed by atoms with Crippen LogP contribution in [0.2, 0.25) is 0 Å². The van der Waals surface area contributed by atoms with Gasteiger partial charge in [-0.2, -0.15) is 0 Å². The Morgan fingerprint density at radius 1 is 1.14 bits per heavy atom. The monoisotopic (exact) mass is 297 g/mol. The van der Waals surface area contributed by atoms with Gasteiger partial charge in [0, 0.05) is 5.56 Å². The highest BCUT2D eigenvalue weighted by Crippen LogP contribution is 2.12. The summed E-state index contributed by atoms with van der Waals surface area (Å²) in [4.78, 5) is 16.2. The summed E-state index contributed by atoms with van der Waals surface area (Å²) in [5, 5.41) is 22.1. The van der Waals surface area contributed by atoms with E-state index in [0.29, 0.717) is 0 Å². The molecule has 2 rings (SSSR count). The zero-order valence-electron chi connectivity index (χ0n) is 11.7. The standard InChI is InChI=1S/C17H15NO4/c19-15-10-4-9-14(12-15)16(17(20)21)18-22-11-5-8-13-6-2-1-3-7-13/h1-10,12,19H,11H2,(H,20,21)/b8-5+,18-16-. The van der Waals surface area contributed by atoms with Gasteiger partial charge in [-0.15, -0.1) is 0 Å². The Bertz CT molecular complexity index is 693. The van der Waals surface area contributed by atoms with Crippen molar-refractivity contribution in [3.8, 4) is 5.75 Å². The van der Waals surface area contributed by atoms with E-state index >= 15 is 0 Å². The average molecular weight is 297 g/mol. The normalized spacial score (nSPS) is 11.5. The molecule has 0 heterocycles. The summed E-state index contributed by atoms with van der Waals surface area (Å²) in [7, 11) is 0. The molecule has 5 heteroatoms. The Kier molecular flexibility index (Phi) is 5.31. The van der Waals surface area contributed by atoms with Crippen molar-refractivity contribution in [2.45, 2.75) is 0 Å². The van der Waals surface area contributed by atoms with E-state index in [0.717, 1.165) is 5.56 Å². The smallest absolute Gasteiger partial charge is 0.358 e. The molecule has 0 aliphatic rings. The molecular formula is C17H15NO4. The van der Waals surface area contributed by atoms with Gasteiger partial charge in [-0.25, -0.2) is 4.79 Å². The van der Waals surface area contributed by atoms with Gasteiger partial charge in [-0.3, -0.25) is 0 Å². The lowest BCUT2D eigenvalue weighted by Gasteiger charge is -2.02. The minimum atomic E-state index is -1.22. The number of hydrogen-bond donors (Lipinski definition) is 2. The molecule has 22 heavy (non-hydrogen) atoms. The molecule has 0 unspecified atom stereocenters. The number of nitrogens with zero attached hydrogens (tertiary/aromatic N) is 1. The first kappa shape index (κ1) is 15.3. The van der Waals surface area contributed by atoms with Gasteiger partial charge >= 0.3 is 5.97 Å². The number of aromatic hydroxyl groups is 1.